The summed E-state index contributed by atoms with van der Waals surface area (Å²) in [6.07, 6.45) is 1.67. The van der Waals surface area contributed by atoms with Crippen molar-refractivity contribution in [2.45, 2.75) is 6.04 Å². The highest BCUT2D eigenvalue weighted by Gasteiger charge is 2.21. The number of nitrogens with one attached hydrogen (secondary N) is 3. The van der Waals surface area contributed by atoms with E-state index in [1.807, 2.05) is 18.2 Å². The number of carbonyl (C=O) groups excluding carboxylic acids is 1. The van der Waals surface area contributed by atoms with E-state index in [-0.39, 0.29) is 12.1 Å². The Labute approximate surface area is 85.9 Å². The maximum Gasteiger partial charge on any atom is 0.315 e. The molecule has 0 spiro atoms. The van der Waals surface area contributed by atoms with Crippen LogP contribution in [0.1, 0.15) is 11.6 Å². The van der Waals surface area contributed by atoms with Crippen molar-refractivity contribution < 1.29 is 4.79 Å². The van der Waals surface area contributed by atoms with Gasteiger partial charge in [-0.3, -0.25) is 0 Å². The smallest absolute Gasteiger partial charge is 0.315 e. The number of hydrogen-bond donors (Lipinski definition) is 3. The number of hydrogen-bond acceptors (Lipinski definition) is 2. The molecule has 3 rings (SSSR count). The quantitative estimate of drug-likeness (QED) is 0.643. The molecule has 1 saturated heterocycles. The summed E-state index contributed by atoms with van der Waals surface area (Å²) < 4.78 is 0. The van der Waals surface area contributed by atoms with Crippen molar-refractivity contribution in [1.82, 2.24) is 20.6 Å². The Bertz CT molecular complexity index is 519. The number of imidazole rings is 1. The Hall–Kier alpha value is -2.04. The van der Waals surface area contributed by atoms with E-state index in [1.54, 1.807) is 6.33 Å². The minimum absolute atomic E-state index is 0.0604. The number of aromatic nitrogens is 2. The van der Waals surface area contributed by atoms with Crippen LogP contribution in [0.3, 0.4) is 0 Å². The van der Waals surface area contributed by atoms with Gasteiger partial charge in [0.25, 0.3) is 0 Å². The fraction of sp³-hybridized carbons (Fsp3) is 0.200. The molecule has 0 bridgehead atoms. The molecule has 1 fully saturated rings. The van der Waals surface area contributed by atoms with Gasteiger partial charge in [0.05, 0.1) is 23.4 Å². The Kier molecular flexibility index (Phi) is 1.65. The molecular formula is C10H10N4O. The van der Waals surface area contributed by atoms with Gasteiger partial charge < -0.3 is 15.6 Å². The third-order valence-electron chi connectivity index (χ3n) is 2.62. The monoisotopic (exact) mass is 202 g/mol. The summed E-state index contributed by atoms with van der Waals surface area (Å²) in [7, 11) is 0. The van der Waals surface area contributed by atoms with E-state index < -0.39 is 0 Å². The fourth-order valence-corrected chi connectivity index (χ4v) is 1.83. The second-order valence-corrected chi connectivity index (χ2v) is 3.59. The van der Waals surface area contributed by atoms with E-state index in [2.05, 4.69) is 20.6 Å². The highest BCUT2D eigenvalue weighted by molar-refractivity contribution is 5.78. The van der Waals surface area contributed by atoms with Gasteiger partial charge in [-0.2, -0.15) is 0 Å². The molecular weight excluding hydrogens is 192 g/mol. The Morgan fingerprint density at radius 2 is 2.33 bits per heavy atom. The molecule has 2 heterocycles. The van der Waals surface area contributed by atoms with Crippen molar-refractivity contribution in [2.24, 2.45) is 0 Å². The minimum Gasteiger partial charge on any atom is -0.345 e. The van der Waals surface area contributed by atoms with Gasteiger partial charge in [0.15, 0.2) is 0 Å². The van der Waals surface area contributed by atoms with Crippen molar-refractivity contribution in [3.8, 4) is 0 Å². The summed E-state index contributed by atoms with van der Waals surface area (Å²) in [5.74, 6) is 0. The first-order valence-electron chi connectivity index (χ1n) is 4.80. The molecule has 1 aliphatic rings. The van der Waals surface area contributed by atoms with Gasteiger partial charge in [0.2, 0.25) is 0 Å². The second-order valence-electron chi connectivity index (χ2n) is 3.59. The Balaban J connectivity index is 2.00. The number of benzene rings is 1. The predicted molar refractivity (Wildman–Crippen MR) is 55.4 cm³/mol. The molecule has 15 heavy (non-hydrogen) atoms. The first-order chi connectivity index (χ1) is 7.33. The summed E-state index contributed by atoms with van der Waals surface area (Å²) in [6.45, 7) is 0.637. The minimum atomic E-state index is -0.107. The lowest BCUT2D eigenvalue weighted by atomic mass is 10.1. The van der Waals surface area contributed by atoms with Crippen LogP contribution in [0.2, 0.25) is 0 Å². The molecule has 1 unspecified atom stereocenters. The molecule has 0 saturated carbocycles. The number of fused-ring (bicyclic) bond motifs is 1. The SMILES string of the molecule is O=C1NCC(c2ccc3nc[nH]c3c2)N1. The van der Waals surface area contributed by atoms with E-state index >= 15 is 0 Å². The van der Waals surface area contributed by atoms with Crippen LogP contribution in [0.25, 0.3) is 11.0 Å². The van der Waals surface area contributed by atoms with Gasteiger partial charge in [0, 0.05) is 6.54 Å². The van der Waals surface area contributed by atoms with Gasteiger partial charge in [-0.05, 0) is 17.7 Å². The normalized spacial score (nSPS) is 20.3. The summed E-state index contributed by atoms with van der Waals surface area (Å²) in [5, 5.41) is 5.58. The average Bonchev–Trinajstić information content (AvgIpc) is 2.84. The topological polar surface area (TPSA) is 69.8 Å². The molecule has 5 nitrogen and oxygen atoms in total. The molecule has 2 amide bonds. The molecule has 0 radical (unpaired) electrons. The van der Waals surface area contributed by atoms with E-state index in [4.69, 9.17) is 0 Å². The molecule has 1 aliphatic heterocycles. The molecule has 1 aromatic heterocycles. The molecule has 1 aromatic carbocycles. The highest BCUT2D eigenvalue weighted by Crippen LogP contribution is 2.19. The molecule has 2 aromatic rings. The van der Waals surface area contributed by atoms with Gasteiger partial charge in [-0.15, -0.1) is 0 Å². The summed E-state index contributed by atoms with van der Waals surface area (Å²) >= 11 is 0. The van der Waals surface area contributed by atoms with Crippen LogP contribution in [0.15, 0.2) is 24.5 Å². The zero-order valence-corrected chi connectivity index (χ0v) is 7.95. The standard InChI is InChI=1S/C10H10N4O/c15-10-11-4-9(14-10)6-1-2-7-8(3-6)13-5-12-7/h1-3,5,9H,4H2,(H,12,13)(H2,11,14,15). The number of aromatic amines is 1. The Morgan fingerprint density at radius 1 is 1.40 bits per heavy atom. The maximum atomic E-state index is 11.0. The molecule has 1 atom stereocenters. The third kappa shape index (κ3) is 1.32. The third-order valence-corrected chi connectivity index (χ3v) is 2.62. The van der Waals surface area contributed by atoms with E-state index in [9.17, 15) is 4.79 Å². The van der Waals surface area contributed by atoms with Crippen molar-refractivity contribution in [2.75, 3.05) is 6.54 Å². The average molecular weight is 202 g/mol. The maximum absolute atomic E-state index is 11.0. The first kappa shape index (κ1) is 8.28. The number of carbonyl (C=O) groups is 1. The molecule has 76 valence electrons. The van der Waals surface area contributed by atoms with Crippen LogP contribution in [-0.4, -0.2) is 22.5 Å². The first-order valence-corrected chi connectivity index (χ1v) is 4.80. The van der Waals surface area contributed by atoms with Gasteiger partial charge >= 0.3 is 6.03 Å². The molecule has 3 N–H and O–H groups in total. The second kappa shape index (κ2) is 2.98. The van der Waals surface area contributed by atoms with Gasteiger partial charge in [0.1, 0.15) is 0 Å². The van der Waals surface area contributed by atoms with Crippen LogP contribution >= 0.6 is 0 Å². The van der Waals surface area contributed by atoms with Crippen molar-refractivity contribution >= 4 is 17.1 Å². The van der Waals surface area contributed by atoms with E-state index in [0.29, 0.717) is 6.54 Å². The summed E-state index contributed by atoms with van der Waals surface area (Å²) in [4.78, 5) is 18.2. The van der Waals surface area contributed by atoms with Gasteiger partial charge in [-0.25, -0.2) is 9.78 Å². The van der Waals surface area contributed by atoms with Crippen LogP contribution in [0.5, 0.6) is 0 Å². The van der Waals surface area contributed by atoms with Crippen molar-refractivity contribution in [3.63, 3.8) is 0 Å². The zero-order chi connectivity index (χ0) is 10.3. The number of rotatable bonds is 1. The van der Waals surface area contributed by atoms with E-state index in [1.165, 1.54) is 0 Å². The predicted octanol–water partition coefficient (Wildman–Crippen LogP) is 0.917. The lowest BCUT2D eigenvalue weighted by Gasteiger charge is -2.08. The lowest BCUT2D eigenvalue weighted by molar-refractivity contribution is 0.247. The van der Waals surface area contributed by atoms with Crippen LogP contribution < -0.4 is 10.6 Å². The largest absolute Gasteiger partial charge is 0.345 e. The molecule has 0 aliphatic carbocycles. The number of amides is 2. The molecule has 5 heteroatoms. The summed E-state index contributed by atoms with van der Waals surface area (Å²) in [5.41, 5.74) is 3.02. The van der Waals surface area contributed by atoms with Crippen molar-refractivity contribution in [3.05, 3.63) is 30.1 Å². The Morgan fingerprint density at radius 3 is 3.13 bits per heavy atom. The van der Waals surface area contributed by atoms with Crippen LogP contribution in [-0.2, 0) is 0 Å². The number of H-pyrrole nitrogens is 1. The highest BCUT2D eigenvalue weighted by atomic mass is 16.2. The fourth-order valence-electron chi connectivity index (χ4n) is 1.83. The number of nitrogens with zero attached hydrogens (tertiary/aromatic N) is 1. The van der Waals surface area contributed by atoms with Gasteiger partial charge in [-0.1, -0.05) is 6.07 Å². The van der Waals surface area contributed by atoms with Crippen molar-refractivity contribution in [1.29, 1.82) is 0 Å². The lowest BCUT2D eigenvalue weighted by Crippen LogP contribution is -2.21. The number of urea groups is 1. The van der Waals surface area contributed by atoms with Crippen LogP contribution in [0, 0.1) is 0 Å². The zero-order valence-electron chi connectivity index (χ0n) is 7.95. The van der Waals surface area contributed by atoms with Crippen LogP contribution in [0.4, 0.5) is 4.79 Å². The van der Waals surface area contributed by atoms with E-state index in [0.717, 1.165) is 16.6 Å². The summed E-state index contributed by atoms with van der Waals surface area (Å²) in [6, 6.07) is 5.91.